The fourth-order valence-corrected chi connectivity index (χ4v) is 1.38. The molecule has 1 saturated heterocycles. The predicted octanol–water partition coefficient (Wildman–Crippen LogP) is 0.323. The van der Waals surface area contributed by atoms with Crippen molar-refractivity contribution in [3.8, 4) is 0 Å². The van der Waals surface area contributed by atoms with Gasteiger partial charge in [-0.25, -0.2) is 9.99 Å². The molecule has 0 saturated carbocycles. The summed E-state index contributed by atoms with van der Waals surface area (Å²) in [6.45, 7) is 3.32. The number of hydrazine groups is 1. The number of nitrogens with zero attached hydrogens (tertiary/aromatic N) is 2. The van der Waals surface area contributed by atoms with Crippen molar-refractivity contribution in [2.24, 2.45) is 0 Å². The summed E-state index contributed by atoms with van der Waals surface area (Å²) in [5.74, 6) is 0.531. The zero-order chi connectivity index (χ0) is 9.80. The predicted molar refractivity (Wildman–Crippen MR) is 54.7 cm³/mol. The number of aromatic nitrogens is 1. The Labute approximate surface area is 82.8 Å². The van der Waals surface area contributed by atoms with E-state index in [1.165, 1.54) is 0 Å². The van der Waals surface area contributed by atoms with Gasteiger partial charge in [-0.2, -0.15) is 0 Å². The zero-order valence-corrected chi connectivity index (χ0v) is 7.94. The lowest BCUT2D eigenvalue weighted by atomic mass is 10.4. The van der Waals surface area contributed by atoms with Gasteiger partial charge >= 0.3 is 0 Å². The minimum atomic E-state index is 0.531. The summed E-state index contributed by atoms with van der Waals surface area (Å²) < 4.78 is 5.24. The summed E-state index contributed by atoms with van der Waals surface area (Å²) in [6, 6.07) is 3.71. The first-order valence-corrected chi connectivity index (χ1v) is 4.65. The monoisotopic (exact) mass is 194 g/mol. The molecule has 0 bridgehead atoms. The third kappa shape index (κ3) is 2.34. The maximum absolute atomic E-state index is 5.57. The Balaban J connectivity index is 1.95. The number of hydrogen-bond donors (Lipinski definition) is 2. The van der Waals surface area contributed by atoms with Crippen LogP contribution in [0.5, 0.6) is 0 Å². The standard InChI is InChI=1S/C9H14N4O/c10-9-7-8(1-2-11-9)12-13-3-5-14-6-4-13/h1-2,7H,3-6H2,(H3,10,11,12). The van der Waals surface area contributed by atoms with E-state index in [0.29, 0.717) is 5.82 Å². The molecular formula is C9H14N4O. The maximum atomic E-state index is 5.57. The highest BCUT2D eigenvalue weighted by Crippen LogP contribution is 2.10. The molecule has 0 radical (unpaired) electrons. The number of morpholine rings is 1. The van der Waals surface area contributed by atoms with Gasteiger partial charge < -0.3 is 15.9 Å². The Morgan fingerprint density at radius 1 is 1.43 bits per heavy atom. The first-order valence-electron chi connectivity index (χ1n) is 4.65. The molecule has 2 rings (SSSR count). The Morgan fingerprint density at radius 2 is 2.21 bits per heavy atom. The maximum Gasteiger partial charge on any atom is 0.125 e. The van der Waals surface area contributed by atoms with E-state index in [1.54, 1.807) is 6.20 Å². The van der Waals surface area contributed by atoms with Crippen LogP contribution in [0.4, 0.5) is 11.5 Å². The molecule has 1 aliphatic rings. The van der Waals surface area contributed by atoms with Crippen LogP contribution in [0, 0.1) is 0 Å². The van der Waals surface area contributed by atoms with Crippen LogP contribution in [-0.4, -0.2) is 36.3 Å². The molecule has 14 heavy (non-hydrogen) atoms. The van der Waals surface area contributed by atoms with Gasteiger partial charge in [0.15, 0.2) is 0 Å². The average molecular weight is 194 g/mol. The molecule has 76 valence electrons. The normalized spacial score (nSPS) is 18.0. The first-order chi connectivity index (χ1) is 6.84. The van der Waals surface area contributed by atoms with E-state index in [-0.39, 0.29) is 0 Å². The Bertz CT molecular complexity index is 299. The van der Waals surface area contributed by atoms with Gasteiger partial charge in [-0.15, -0.1) is 0 Å². The van der Waals surface area contributed by atoms with E-state index >= 15 is 0 Å². The second-order valence-electron chi connectivity index (χ2n) is 3.18. The molecule has 0 atom stereocenters. The van der Waals surface area contributed by atoms with Gasteiger partial charge in [0.1, 0.15) is 5.82 Å². The number of nitrogen functional groups attached to an aromatic ring is 1. The third-order valence-corrected chi connectivity index (χ3v) is 2.08. The summed E-state index contributed by atoms with van der Waals surface area (Å²) in [6.07, 6.45) is 1.69. The summed E-state index contributed by atoms with van der Waals surface area (Å²) in [5, 5.41) is 2.11. The highest BCUT2D eigenvalue weighted by atomic mass is 16.5. The van der Waals surface area contributed by atoms with Gasteiger partial charge in [-0.3, -0.25) is 0 Å². The Kier molecular flexibility index (Phi) is 2.81. The second kappa shape index (κ2) is 4.26. The van der Waals surface area contributed by atoms with E-state index in [9.17, 15) is 0 Å². The third-order valence-electron chi connectivity index (χ3n) is 2.08. The largest absolute Gasteiger partial charge is 0.384 e. The van der Waals surface area contributed by atoms with Gasteiger partial charge in [-0.1, -0.05) is 0 Å². The van der Waals surface area contributed by atoms with Crippen molar-refractivity contribution in [2.45, 2.75) is 0 Å². The summed E-state index contributed by atoms with van der Waals surface area (Å²) in [5.41, 5.74) is 9.80. The number of nitrogens with two attached hydrogens (primary N) is 1. The lowest BCUT2D eigenvalue weighted by Gasteiger charge is -2.27. The number of pyridine rings is 1. The molecule has 3 N–H and O–H groups in total. The molecule has 1 fully saturated rings. The van der Waals surface area contributed by atoms with Crippen LogP contribution in [-0.2, 0) is 4.74 Å². The molecule has 0 unspecified atom stereocenters. The molecule has 0 aliphatic carbocycles. The smallest absolute Gasteiger partial charge is 0.125 e. The minimum Gasteiger partial charge on any atom is -0.384 e. The molecule has 1 aromatic heterocycles. The van der Waals surface area contributed by atoms with E-state index in [2.05, 4.69) is 15.4 Å². The summed E-state index contributed by atoms with van der Waals surface area (Å²) in [4.78, 5) is 3.93. The van der Waals surface area contributed by atoms with Crippen LogP contribution in [0.1, 0.15) is 0 Å². The van der Waals surface area contributed by atoms with Crippen LogP contribution in [0.2, 0.25) is 0 Å². The number of rotatable bonds is 2. The SMILES string of the molecule is Nc1cc(NN2CCOCC2)ccn1. The van der Waals surface area contributed by atoms with Gasteiger partial charge in [0.25, 0.3) is 0 Å². The molecule has 2 heterocycles. The van der Waals surface area contributed by atoms with E-state index in [1.807, 2.05) is 12.1 Å². The Morgan fingerprint density at radius 3 is 2.93 bits per heavy atom. The molecule has 0 spiro atoms. The topological polar surface area (TPSA) is 63.4 Å². The van der Waals surface area contributed by atoms with Crippen molar-refractivity contribution in [2.75, 3.05) is 37.5 Å². The van der Waals surface area contributed by atoms with Crippen LogP contribution in [0.25, 0.3) is 0 Å². The zero-order valence-electron chi connectivity index (χ0n) is 7.94. The molecule has 1 aromatic rings. The molecule has 5 nitrogen and oxygen atoms in total. The molecule has 5 heteroatoms. The van der Waals surface area contributed by atoms with Crippen LogP contribution in [0.3, 0.4) is 0 Å². The van der Waals surface area contributed by atoms with Crippen LogP contribution in [0.15, 0.2) is 18.3 Å². The van der Waals surface area contributed by atoms with E-state index in [0.717, 1.165) is 32.0 Å². The van der Waals surface area contributed by atoms with Crippen LogP contribution < -0.4 is 11.2 Å². The van der Waals surface area contributed by atoms with Gasteiger partial charge in [0.05, 0.1) is 18.9 Å². The first kappa shape index (κ1) is 9.23. The lowest BCUT2D eigenvalue weighted by molar-refractivity contribution is 0.0497. The van der Waals surface area contributed by atoms with Crippen LogP contribution >= 0.6 is 0 Å². The fraction of sp³-hybridized carbons (Fsp3) is 0.444. The van der Waals surface area contributed by atoms with Crippen molar-refractivity contribution >= 4 is 11.5 Å². The number of anilines is 2. The quantitative estimate of drug-likeness (QED) is 0.710. The van der Waals surface area contributed by atoms with E-state index < -0.39 is 0 Å². The number of nitrogens with one attached hydrogen (secondary N) is 1. The summed E-state index contributed by atoms with van der Waals surface area (Å²) >= 11 is 0. The molecule has 0 amide bonds. The lowest BCUT2D eigenvalue weighted by Crippen LogP contribution is -2.40. The van der Waals surface area contributed by atoms with Gasteiger partial charge in [0, 0.05) is 25.4 Å². The van der Waals surface area contributed by atoms with Crippen molar-refractivity contribution in [3.63, 3.8) is 0 Å². The minimum absolute atomic E-state index is 0.531. The summed E-state index contributed by atoms with van der Waals surface area (Å²) in [7, 11) is 0. The van der Waals surface area contributed by atoms with Crippen molar-refractivity contribution in [1.82, 2.24) is 9.99 Å². The molecule has 0 aromatic carbocycles. The second-order valence-corrected chi connectivity index (χ2v) is 3.18. The fourth-order valence-electron chi connectivity index (χ4n) is 1.38. The van der Waals surface area contributed by atoms with Gasteiger partial charge in [0.2, 0.25) is 0 Å². The number of ether oxygens (including phenoxy) is 1. The molecular weight excluding hydrogens is 180 g/mol. The Hall–Kier alpha value is -1.33. The van der Waals surface area contributed by atoms with E-state index in [4.69, 9.17) is 10.5 Å². The van der Waals surface area contributed by atoms with Gasteiger partial charge in [-0.05, 0) is 6.07 Å². The van der Waals surface area contributed by atoms with Crippen molar-refractivity contribution in [3.05, 3.63) is 18.3 Å². The highest BCUT2D eigenvalue weighted by molar-refractivity contribution is 5.48. The number of hydrogen-bond acceptors (Lipinski definition) is 5. The highest BCUT2D eigenvalue weighted by Gasteiger charge is 2.09. The van der Waals surface area contributed by atoms with Crippen molar-refractivity contribution in [1.29, 1.82) is 0 Å². The average Bonchev–Trinajstić information content (AvgIpc) is 2.19. The van der Waals surface area contributed by atoms with Crippen molar-refractivity contribution < 1.29 is 4.74 Å². The molecule has 1 aliphatic heterocycles.